The van der Waals surface area contributed by atoms with Gasteiger partial charge in [0.1, 0.15) is 0 Å². The van der Waals surface area contributed by atoms with E-state index in [0.717, 1.165) is 12.5 Å². The summed E-state index contributed by atoms with van der Waals surface area (Å²) in [5.41, 5.74) is 0. The van der Waals surface area contributed by atoms with Crippen LogP contribution in [0.2, 0.25) is 0 Å². The van der Waals surface area contributed by atoms with Gasteiger partial charge in [-0.1, -0.05) is 26.2 Å². The maximum absolute atomic E-state index is 13.6. The molecular formula is C14H20BrFN2. The van der Waals surface area contributed by atoms with Gasteiger partial charge in [-0.25, -0.2) is 9.37 Å². The van der Waals surface area contributed by atoms with Gasteiger partial charge in [0.2, 0.25) is 0 Å². The number of aromatic nitrogens is 1. The Hall–Kier alpha value is -0.640. The van der Waals surface area contributed by atoms with Crippen LogP contribution in [-0.4, -0.2) is 11.5 Å². The van der Waals surface area contributed by atoms with Crippen LogP contribution in [0.15, 0.2) is 16.7 Å². The van der Waals surface area contributed by atoms with E-state index in [1.54, 1.807) is 6.20 Å². The molecule has 1 fully saturated rings. The average Bonchev–Trinajstić information content (AvgIpc) is 2.38. The molecule has 0 spiro atoms. The fraction of sp³-hybridized carbons (Fsp3) is 0.643. The maximum atomic E-state index is 13.6. The first-order valence-corrected chi connectivity index (χ1v) is 7.53. The van der Waals surface area contributed by atoms with Crippen molar-refractivity contribution in [2.24, 2.45) is 11.8 Å². The highest BCUT2D eigenvalue weighted by atomic mass is 79.9. The Kier molecular flexibility index (Phi) is 4.98. The van der Waals surface area contributed by atoms with Gasteiger partial charge in [0.25, 0.3) is 0 Å². The highest BCUT2D eigenvalue weighted by molar-refractivity contribution is 9.10. The Labute approximate surface area is 117 Å². The van der Waals surface area contributed by atoms with E-state index in [-0.39, 0.29) is 5.82 Å². The van der Waals surface area contributed by atoms with Crippen molar-refractivity contribution in [2.45, 2.75) is 39.0 Å². The molecule has 4 heteroatoms. The number of hydrogen-bond donors (Lipinski definition) is 1. The number of pyridine rings is 1. The summed E-state index contributed by atoms with van der Waals surface area (Å²) in [6, 6.07) is 1.45. The molecule has 1 aliphatic rings. The molecular weight excluding hydrogens is 295 g/mol. The topological polar surface area (TPSA) is 24.9 Å². The lowest BCUT2D eigenvalue weighted by molar-refractivity contribution is 0.278. The fourth-order valence-corrected chi connectivity index (χ4v) is 2.93. The van der Waals surface area contributed by atoms with Crippen molar-refractivity contribution >= 4 is 21.7 Å². The molecule has 2 nitrogen and oxygen atoms in total. The van der Waals surface area contributed by atoms with Crippen molar-refractivity contribution in [1.29, 1.82) is 0 Å². The van der Waals surface area contributed by atoms with Crippen LogP contribution in [0.3, 0.4) is 0 Å². The minimum Gasteiger partial charge on any atom is -0.367 e. The summed E-state index contributed by atoms with van der Waals surface area (Å²) in [7, 11) is 0. The third kappa shape index (κ3) is 3.67. The van der Waals surface area contributed by atoms with Crippen LogP contribution in [0.4, 0.5) is 10.2 Å². The van der Waals surface area contributed by atoms with Gasteiger partial charge in [-0.2, -0.15) is 0 Å². The second-order valence-electron chi connectivity index (χ2n) is 5.16. The minimum absolute atomic E-state index is 0.286. The number of nitrogens with one attached hydrogen (secondary N) is 1. The number of anilines is 1. The summed E-state index contributed by atoms with van der Waals surface area (Å²) in [6.45, 7) is 3.10. The second-order valence-corrected chi connectivity index (χ2v) is 6.08. The van der Waals surface area contributed by atoms with Crippen LogP contribution in [-0.2, 0) is 0 Å². The maximum Gasteiger partial charge on any atom is 0.166 e. The van der Waals surface area contributed by atoms with E-state index in [4.69, 9.17) is 0 Å². The first-order valence-electron chi connectivity index (χ1n) is 6.74. The van der Waals surface area contributed by atoms with Crippen LogP contribution < -0.4 is 5.32 Å². The van der Waals surface area contributed by atoms with E-state index in [1.807, 2.05) is 0 Å². The lowest BCUT2D eigenvalue weighted by atomic mass is 9.81. The van der Waals surface area contributed by atoms with Crippen LogP contribution in [0, 0.1) is 17.7 Å². The third-order valence-corrected chi connectivity index (χ3v) is 4.34. The highest BCUT2D eigenvalue weighted by Crippen LogP contribution is 2.30. The molecule has 0 amide bonds. The average molecular weight is 315 g/mol. The molecule has 1 N–H and O–H groups in total. The van der Waals surface area contributed by atoms with Crippen molar-refractivity contribution in [3.63, 3.8) is 0 Å². The van der Waals surface area contributed by atoms with Gasteiger partial charge in [0.05, 0.1) is 0 Å². The van der Waals surface area contributed by atoms with E-state index in [2.05, 4.69) is 33.2 Å². The standard InChI is InChI=1S/C14H20BrFN2/c1-2-10-3-5-11(6-4-10)8-17-14-13(16)7-12(15)9-18-14/h7,9-11H,2-6,8H2,1H3,(H,17,18). The zero-order valence-electron chi connectivity index (χ0n) is 10.8. The first-order chi connectivity index (χ1) is 8.69. The van der Waals surface area contributed by atoms with Crippen molar-refractivity contribution in [3.05, 3.63) is 22.6 Å². The quantitative estimate of drug-likeness (QED) is 0.877. The van der Waals surface area contributed by atoms with Crippen LogP contribution in [0.5, 0.6) is 0 Å². The molecule has 0 unspecified atom stereocenters. The normalized spacial score (nSPS) is 23.9. The van der Waals surface area contributed by atoms with Crippen LogP contribution in [0.1, 0.15) is 39.0 Å². The molecule has 1 aromatic rings. The SMILES string of the molecule is CCC1CCC(CNc2ncc(Br)cc2F)CC1. The molecule has 0 bridgehead atoms. The molecule has 0 aliphatic heterocycles. The monoisotopic (exact) mass is 314 g/mol. The number of nitrogens with zero attached hydrogens (tertiary/aromatic N) is 1. The highest BCUT2D eigenvalue weighted by Gasteiger charge is 2.20. The van der Waals surface area contributed by atoms with Gasteiger partial charge in [0.15, 0.2) is 11.6 Å². The van der Waals surface area contributed by atoms with E-state index in [0.29, 0.717) is 16.2 Å². The summed E-state index contributed by atoms with van der Waals surface area (Å²) >= 11 is 3.21. The van der Waals surface area contributed by atoms with Gasteiger partial charge in [-0.05, 0) is 46.7 Å². The summed E-state index contributed by atoms with van der Waals surface area (Å²) in [4.78, 5) is 4.06. The zero-order chi connectivity index (χ0) is 13.0. The van der Waals surface area contributed by atoms with E-state index in [1.165, 1.54) is 38.2 Å². The van der Waals surface area contributed by atoms with Gasteiger partial charge >= 0.3 is 0 Å². The molecule has 1 aromatic heterocycles. The predicted octanol–water partition coefficient (Wildman–Crippen LogP) is 4.61. The van der Waals surface area contributed by atoms with Crippen LogP contribution >= 0.6 is 15.9 Å². The number of rotatable bonds is 4. The van der Waals surface area contributed by atoms with E-state index < -0.39 is 0 Å². The molecule has 0 saturated heterocycles. The van der Waals surface area contributed by atoms with E-state index >= 15 is 0 Å². The van der Waals surface area contributed by atoms with Gasteiger partial charge in [-0.15, -0.1) is 0 Å². The molecule has 1 saturated carbocycles. The van der Waals surface area contributed by atoms with Gasteiger partial charge < -0.3 is 5.32 Å². The molecule has 18 heavy (non-hydrogen) atoms. The summed E-state index contributed by atoms with van der Waals surface area (Å²) in [6.07, 6.45) is 8.06. The minimum atomic E-state index is -0.286. The van der Waals surface area contributed by atoms with Crippen molar-refractivity contribution in [2.75, 3.05) is 11.9 Å². The van der Waals surface area contributed by atoms with Crippen molar-refractivity contribution < 1.29 is 4.39 Å². The van der Waals surface area contributed by atoms with Gasteiger partial charge in [-0.3, -0.25) is 0 Å². The smallest absolute Gasteiger partial charge is 0.166 e. The Morgan fingerprint density at radius 3 is 2.61 bits per heavy atom. The number of hydrogen-bond acceptors (Lipinski definition) is 2. The molecule has 1 aliphatic carbocycles. The molecule has 0 atom stereocenters. The molecule has 2 rings (SSSR count). The fourth-order valence-electron chi connectivity index (χ4n) is 2.63. The summed E-state index contributed by atoms with van der Waals surface area (Å²) < 4.78 is 14.2. The largest absolute Gasteiger partial charge is 0.367 e. The Bertz CT molecular complexity index is 389. The summed E-state index contributed by atoms with van der Waals surface area (Å²) in [5.74, 6) is 1.66. The first kappa shape index (κ1) is 13.8. The third-order valence-electron chi connectivity index (χ3n) is 3.91. The lowest BCUT2D eigenvalue weighted by Crippen LogP contribution is -2.21. The Morgan fingerprint density at radius 1 is 1.33 bits per heavy atom. The molecule has 0 radical (unpaired) electrons. The van der Waals surface area contributed by atoms with Gasteiger partial charge in [0, 0.05) is 17.2 Å². The second kappa shape index (κ2) is 6.50. The summed E-state index contributed by atoms with van der Waals surface area (Å²) in [5, 5.41) is 3.14. The predicted molar refractivity (Wildman–Crippen MR) is 76.1 cm³/mol. The lowest BCUT2D eigenvalue weighted by Gasteiger charge is -2.28. The Morgan fingerprint density at radius 2 is 2.00 bits per heavy atom. The molecule has 1 heterocycles. The Balaban J connectivity index is 1.81. The molecule has 100 valence electrons. The van der Waals surface area contributed by atoms with Crippen LogP contribution in [0.25, 0.3) is 0 Å². The molecule has 0 aromatic carbocycles. The van der Waals surface area contributed by atoms with Crippen molar-refractivity contribution in [1.82, 2.24) is 4.98 Å². The number of halogens is 2. The van der Waals surface area contributed by atoms with E-state index in [9.17, 15) is 4.39 Å². The zero-order valence-corrected chi connectivity index (χ0v) is 12.3. The van der Waals surface area contributed by atoms with Crippen molar-refractivity contribution in [3.8, 4) is 0 Å².